The number of nitrogens with one attached hydrogen (secondary N) is 2. The number of fused-ring (bicyclic) bond motifs is 1. The number of para-hydroxylation sites is 3. The molecule has 0 aliphatic carbocycles. The van der Waals surface area contributed by atoms with Crippen molar-refractivity contribution in [2.24, 2.45) is 4.99 Å². The van der Waals surface area contributed by atoms with Gasteiger partial charge in [0.2, 0.25) is 0 Å². The number of furan rings is 1. The Morgan fingerprint density at radius 1 is 0.815 bits per heavy atom. The lowest BCUT2D eigenvalue weighted by atomic mass is 10.2. The second kappa shape index (κ2) is 7.58. The highest BCUT2D eigenvalue weighted by Gasteiger charge is 2.14. The zero-order valence-corrected chi connectivity index (χ0v) is 14.4. The van der Waals surface area contributed by atoms with E-state index in [9.17, 15) is 4.79 Å². The molecule has 0 unspecified atom stereocenters. The summed E-state index contributed by atoms with van der Waals surface area (Å²) in [6.07, 6.45) is 0. The standard InChI is InChI=1S/C22H17N3O2/c26-22(24-18-12-5-2-6-13-18)25-21(23-17-10-3-1-4-11-17)20-15-16-9-7-8-14-19(16)27-20/h1-15H,(H2,23,24,25,26). The lowest BCUT2D eigenvalue weighted by Crippen LogP contribution is -2.34. The van der Waals surface area contributed by atoms with Crippen LogP contribution in [0.1, 0.15) is 5.76 Å². The number of carbonyl (C=O) groups is 1. The molecule has 5 heteroatoms. The van der Waals surface area contributed by atoms with Crippen LogP contribution in [0.3, 0.4) is 0 Å². The maximum Gasteiger partial charge on any atom is 0.324 e. The van der Waals surface area contributed by atoms with Crippen molar-refractivity contribution < 1.29 is 9.21 Å². The third-order valence-electron chi connectivity index (χ3n) is 3.92. The van der Waals surface area contributed by atoms with Crippen molar-refractivity contribution in [3.8, 4) is 0 Å². The van der Waals surface area contributed by atoms with Crippen molar-refractivity contribution >= 4 is 34.2 Å². The number of hydrogen-bond donors (Lipinski definition) is 2. The Morgan fingerprint density at radius 2 is 1.48 bits per heavy atom. The van der Waals surface area contributed by atoms with Gasteiger partial charge in [-0.3, -0.25) is 5.32 Å². The van der Waals surface area contributed by atoms with Crippen molar-refractivity contribution in [3.05, 3.63) is 96.8 Å². The first-order valence-electron chi connectivity index (χ1n) is 8.54. The lowest BCUT2D eigenvalue weighted by molar-refractivity contribution is 0.256. The molecule has 3 aromatic carbocycles. The first-order valence-corrected chi connectivity index (χ1v) is 8.54. The predicted molar refractivity (Wildman–Crippen MR) is 107 cm³/mol. The van der Waals surface area contributed by atoms with Gasteiger partial charge in [-0.25, -0.2) is 9.79 Å². The van der Waals surface area contributed by atoms with E-state index in [2.05, 4.69) is 15.6 Å². The molecule has 0 saturated carbocycles. The minimum absolute atomic E-state index is 0.339. The van der Waals surface area contributed by atoms with Gasteiger partial charge < -0.3 is 9.73 Å². The summed E-state index contributed by atoms with van der Waals surface area (Å²) < 4.78 is 5.88. The van der Waals surface area contributed by atoms with Crippen LogP contribution >= 0.6 is 0 Å². The van der Waals surface area contributed by atoms with Crippen LogP contribution in [-0.2, 0) is 0 Å². The Kier molecular flexibility index (Phi) is 4.66. The molecule has 1 aromatic heterocycles. The number of nitrogens with zero attached hydrogens (tertiary/aromatic N) is 1. The molecule has 4 aromatic rings. The van der Waals surface area contributed by atoms with E-state index >= 15 is 0 Å². The van der Waals surface area contributed by atoms with E-state index in [-0.39, 0.29) is 0 Å². The quantitative estimate of drug-likeness (QED) is 0.385. The van der Waals surface area contributed by atoms with Crippen LogP contribution in [0, 0.1) is 0 Å². The van der Waals surface area contributed by atoms with Gasteiger partial charge in [-0.1, -0.05) is 54.6 Å². The zero-order valence-electron chi connectivity index (χ0n) is 14.4. The number of anilines is 1. The number of aliphatic imine (C=N–C) groups is 1. The van der Waals surface area contributed by atoms with Crippen LogP contribution in [0.15, 0.2) is 100 Å². The molecule has 132 valence electrons. The largest absolute Gasteiger partial charge is 0.453 e. The second-order valence-electron chi connectivity index (χ2n) is 5.89. The molecule has 0 saturated heterocycles. The van der Waals surface area contributed by atoms with Crippen LogP contribution in [0.2, 0.25) is 0 Å². The molecule has 0 aliphatic rings. The van der Waals surface area contributed by atoms with Gasteiger partial charge in [0.25, 0.3) is 0 Å². The average Bonchev–Trinajstić information content (AvgIpc) is 3.13. The van der Waals surface area contributed by atoms with Crippen LogP contribution in [0.4, 0.5) is 16.2 Å². The smallest absolute Gasteiger partial charge is 0.324 e. The lowest BCUT2D eigenvalue weighted by Gasteiger charge is -2.09. The highest BCUT2D eigenvalue weighted by molar-refractivity contribution is 6.11. The van der Waals surface area contributed by atoms with Crippen molar-refractivity contribution in [2.45, 2.75) is 0 Å². The molecule has 5 nitrogen and oxygen atoms in total. The SMILES string of the molecule is O=C(NC(=Nc1ccccc1)c1cc2ccccc2o1)Nc1ccccc1. The van der Waals surface area contributed by atoms with Gasteiger partial charge >= 0.3 is 6.03 Å². The van der Waals surface area contributed by atoms with Gasteiger partial charge in [0.05, 0.1) is 5.69 Å². The molecule has 1 heterocycles. The van der Waals surface area contributed by atoms with E-state index in [0.717, 1.165) is 11.0 Å². The van der Waals surface area contributed by atoms with Crippen LogP contribution in [0.5, 0.6) is 0 Å². The summed E-state index contributed by atoms with van der Waals surface area (Å²) >= 11 is 0. The number of benzene rings is 3. The number of rotatable bonds is 3. The summed E-state index contributed by atoms with van der Waals surface area (Å²) in [6.45, 7) is 0. The summed E-state index contributed by atoms with van der Waals surface area (Å²) in [7, 11) is 0. The van der Waals surface area contributed by atoms with Crippen LogP contribution in [0.25, 0.3) is 11.0 Å². The zero-order chi connectivity index (χ0) is 18.5. The second-order valence-corrected chi connectivity index (χ2v) is 5.89. The molecule has 2 N–H and O–H groups in total. The summed E-state index contributed by atoms with van der Waals surface area (Å²) in [4.78, 5) is 17.0. The topological polar surface area (TPSA) is 66.6 Å². The third-order valence-corrected chi connectivity index (χ3v) is 3.92. The van der Waals surface area contributed by atoms with Gasteiger partial charge in [-0.05, 0) is 36.4 Å². The minimum Gasteiger partial charge on any atom is -0.453 e. The summed E-state index contributed by atoms with van der Waals surface area (Å²) in [6, 6.07) is 27.8. The van der Waals surface area contributed by atoms with Crippen LogP contribution < -0.4 is 10.6 Å². The third kappa shape index (κ3) is 4.04. The fourth-order valence-electron chi connectivity index (χ4n) is 2.67. The maximum atomic E-state index is 12.5. The summed E-state index contributed by atoms with van der Waals surface area (Å²) in [5.41, 5.74) is 2.14. The molecule has 2 amide bonds. The molecular weight excluding hydrogens is 338 g/mol. The Bertz CT molecular complexity index is 1050. The van der Waals surface area contributed by atoms with Crippen molar-refractivity contribution in [1.82, 2.24) is 5.32 Å². The number of amidine groups is 1. The molecule has 0 aliphatic heterocycles. The summed E-state index contributed by atoms with van der Waals surface area (Å²) in [5.74, 6) is 0.828. The molecule has 0 radical (unpaired) electrons. The van der Waals surface area contributed by atoms with Gasteiger partial charge in [-0.2, -0.15) is 0 Å². The molecule has 0 fully saturated rings. The van der Waals surface area contributed by atoms with E-state index in [4.69, 9.17) is 4.42 Å². The number of amides is 2. The number of carbonyl (C=O) groups excluding carboxylic acids is 1. The normalized spacial score (nSPS) is 11.3. The number of hydrogen-bond acceptors (Lipinski definition) is 3. The molecule has 0 spiro atoms. The maximum absolute atomic E-state index is 12.5. The van der Waals surface area contributed by atoms with Crippen molar-refractivity contribution in [2.75, 3.05) is 5.32 Å². The Hall–Kier alpha value is -3.86. The average molecular weight is 355 g/mol. The predicted octanol–water partition coefficient (Wildman–Crippen LogP) is 5.33. The molecule has 0 atom stereocenters. The van der Waals surface area contributed by atoms with Crippen molar-refractivity contribution in [3.63, 3.8) is 0 Å². The van der Waals surface area contributed by atoms with Gasteiger partial charge in [0.1, 0.15) is 5.58 Å². The first-order chi connectivity index (χ1) is 13.3. The monoisotopic (exact) mass is 355 g/mol. The molecule has 0 bridgehead atoms. The van der Waals surface area contributed by atoms with E-state index in [1.54, 1.807) is 0 Å². The minimum atomic E-state index is -0.392. The van der Waals surface area contributed by atoms with E-state index < -0.39 is 6.03 Å². The fraction of sp³-hybridized carbons (Fsp3) is 0. The molecular formula is C22H17N3O2. The Balaban J connectivity index is 1.65. The van der Waals surface area contributed by atoms with Gasteiger partial charge in [-0.15, -0.1) is 0 Å². The fourth-order valence-corrected chi connectivity index (χ4v) is 2.67. The Labute approximate surface area is 156 Å². The highest BCUT2D eigenvalue weighted by atomic mass is 16.3. The first kappa shape index (κ1) is 16.6. The number of urea groups is 1. The molecule has 27 heavy (non-hydrogen) atoms. The van der Waals surface area contributed by atoms with Crippen molar-refractivity contribution in [1.29, 1.82) is 0 Å². The van der Waals surface area contributed by atoms with E-state index in [1.165, 1.54) is 0 Å². The summed E-state index contributed by atoms with van der Waals surface area (Å²) in [5, 5.41) is 6.53. The van der Waals surface area contributed by atoms with Crippen LogP contribution in [-0.4, -0.2) is 11.9 Å². The van der Waals surface area contributed by atoms with E-state index in [1.807, 2.05) is 91.0 Å². The highest BCUT2D eigenvalue weighted by Crippen LogP contribution is 2.21. The van der Waals surface area contributed by atoms with E-state index in [0.29, 0.717) is 23.0 Å². The Morgan fingerprint density at radius 3 is 2.22 bits per heavy atom. The molecule has 4 rings (SSSR count). The van der Waals surface area contributed by atoms with Gasteiger partial charge in [0, 0.05) is 11.1 Å². The van der Waals surface area contributed by atoms with Gasteiger partial charge in [0.15, 0.2) is 11.6 Å².